The number of nitrogens with zero attached hydrogens (tertiary/aromatic N) is 2. The highest BCUT2D eigenvalue weighted by Gasteiger charge is 2.14. The Morgan fingerprint density at radius 3 is 2.28 bits per heavy atom. The van der Waals surface area contributed by atoms with Crippen LogP contribution in [0.25, 0.3) is 10.2 Å². The fourth-order valence-corrected chi connectivity index (χ4v) is 3.44. The van der Waals surface area contributed by atoms with E-state index in [9.17, 15) is 19.8 Å². The number of nitrogens with one attached hydrogen (secondary N) is 1. The molecule has 2 heterocycles. The highest BCUT2D eigenvalue weighted by molar-refractivity contribution is 7.18. The summed E-state index contributed by atoms with van der Waals surface area (Å²) in [6.07, 6.45) is 0.872. The highest BCUT2D eigenvalue weighted by Crippen LogP contribution is 2.31. The van der Waals surface area contributed by atoms with Gasteiger partial charge in [-0.15, -0.1) is 11.3 Å². The van der Waals surface area contributed by atoms with Gasteiger partial charge in [-0.1, -0.05) is 6.92 Å². The summed E-state index contributed by atoms with van der Waals surface area (Å²) in [5, 5.41) is 22.2. The molecule has 2 aromatic heterocycles. The predicted octanol–water partition coefficient (Wildman–Crippen LogP) is 3.70. The molecule has 0 unspecified atom stereocenters. The number of benzene rings is 1. The van der Waals surface area contributed by atoms with E-state index in [-0.39, 0.29) is 11.1 Å². The smallest absolute Gasteiger partial charge is 0.335 e. The summed E-state index contributed by atoms with van der Waals surface area (Å²) in [5.74, 6) is -1.29. The molecule has 128 valence electrons. The van der Waals surface area contributed by atoms with Gasteiger partial charge in [0.25, 0.3) is 0 Å². The zero-order valence-corrected chi connectivity index (χ0v) is 14.3. The summed E-state index contributed by atoms with van der Waals surface area (Å²) < 4.78 is 0. The Kier molecular flexibility index (Phi) is 4.37. The van der Waals surface area contributed by atoms with Crippen LogP contribution in [0, 0.1) is 6.92 Å². The number of rotatable bonds is 5. The molecule has 3 N–H and O–H groups in total. The average molecular weight is 357 g/mol. The Morgan fingerprint density at radius 1 is 1.08 bits per heavy atom. The Bertz CT molecular complexity index is 965. The van der Waals surface area contributed by atoms with Crippen molar-refractivity contribution in [3.8, 4) is 0 Å². The third-order valence-electron chi connectivity index (χ3n) is 3.59. The third-order valence-corrected chi connectivity index (χ3v) is 4.77. The summed E-state index contributed by atoms with van der Waals surface area (Å²) in [6.45, 7) is 3.82. The largest absolute Gasteiger partial charge is 0.478 e. The SMILES string of the molecule is CCc1cc2c(Nc3cc(C(=O)O)cc(C(=O)O)c3)nc(C)nc2s1. The van der Waals surface area contributed by atoms with Gasteiger partial charge in [0.2, 0.25) is 0 Å². The van der Waals surface area contributed by atoms with Crippen molar-refractivity contribution in [3.63, 3.8) is 0 Å². The van der Waals surface area contributed by atoms with Crippen LogP contribution >= 0.6 is 11.3 Å². The fraction of sp³-hybridized carbons (Fsp3) is 0.176. The molecular weight excluding hydrogens is 342 g/mol. The van der Waals surface area contributed by atoms with Crippen LogP contribution in [-0.4, -0.2) is 32.1 Å². The van der Waals surface area contributed by atoms with Crippen LogP contribution in [0.2, 0.25) is 0 Å². The molecule has 1 aromatic carbocycles. The molecule has 3 aromatic rings. The van der Waals surface area contributed by atoms with Crippen molar-refractivity contribution in [2.24, 2.45) is 0 Å². The van der Waals surface area contributed by atoms with Crippen molar-refractivity contribution in [2.75, 3.05) is 5.32 Å². The minimum absolute atomic E-state index is 0.107. The van der Waals surface area contributed by atoms with Crippen LogP contribution in [0.5, 0.6) is 0 Å². The van der Waals surface area contributed by atoms with Crippen molar-refractivity contribution in [1.29, 1.82) is 0 Å². The van der Waals surface area contributed by atoms with Gasteiger partial charge in [-0.05, 0) is 37.6 Å². The summed E-state index contributed by atoms with van der Waals surface area (Å²) >= 11 is 1.57. The lowest BCUT2D eigenvalue weighted by atomic mass is 10.1. The molecular formula is C17H15N3O4S. The topological polar surface area (TPSA) is 112 Å². The van der Waals surface area contributed by atoms with Gasteiger partial charge >= 0.3 is 11.9 Å². The lowest BCUT2D eigenvalue weighted by Crippen LogP contribution is -2.05. The maximum absolute atomic E-state index is 11.2. The zero-order chi connectivity index (χ0) is 18.1. The first-order valence-corrected chi connectivity index (χ1v) is 8.34. The first-order valence-electron chi connectivity index (χ1n) is 7.53. The number of carboxylic acids is 2. The molecule has 0 amide bonds. The molecule has 7 nitrogen and oxygen atoms in total. The summed E-state index contributed by atoms with van der Waals surface area (Å²) in [4.78, 5) is 33.3. The molecule has 0 aliphatic heterocycles. The Labute approximate surface area is 147 Å². The van der Waals surface area contributed by atoms with Crippen LogP contribution < -0.4 is 5.32 Å². The number of aryl methyl sites for hydroxylation is 2. The van der Waals surface area contributed by atoms with Crippen LogP contribution in [0.1, 0.15) is 38.3 Å². The van der Waals surface area contributed by atoms with Gasteiger partial charge in [0.15, 0.2) is 0 Å². The van der Waals surface area contributed by atoms with E-state index in [1.54, 1.807) is 18.3 Å². The second kappa shape index (κ2) is 6.48. The van der Waals surface area contributed by atoms with Gasteiger partial charge in [0, 0.05) is 10.6 Å². The van der Waals surface area contributed by atoms with Crippen LogP contribution in [0.15, 0.2) is 24.3 Å². The van der Waals surface area contributed by atoms with Crippen molar-refractivity contribution < 1.29 is 19.8 Å². The molecule has 0 aliphatic rings. The molecule has 3 rings (SSSR count). The number of fused-ring (bicyclic) bond motifs is 1. The summed E-state index contributed by atoms with van der Waals surface area (Å²) in [6, 6.07) is 5.87. The standard InChI is InChI=1S/C17H15N3O4S/c1-3-12-7-13-14(18-8(2)19-15(13)25-12)20-11-5-9(16(21)22)4-10(6-11)17(23)24/h4-7H,3H2,1-2H3,(H,21,22)(H,23,24)(H,18,19,20). The van der Waals surface area contributed by atoms with Gasteiger partial charge in [-0.25, -0.2) is 19.6 Å². The van der Waals surface area contributed by atoms with E-state index < -0.39 is 11.9 Å². The van der Waals surface area contributed by atoms with Crippen molar-refractivity contribution in [1.82, 2.24) is 9.97 Å². The second-order valence-electron chi connectivity index (χ2n) is 5.44. The monoisotopic (exact) mass is 357 g/mol. The maximum atomic E-state index is 11.2. The number of hydrogen-bond donors (Lipinski definition) is 3. The molecule has 25 heavy (non-hydrogen) atoms. The first kappa shape index (κ1) is 16.8. The Morgan fingerprint density at radius 2 is 1.72 bits per heavy atom. The number of carbonyl (C=O) groups is 2. The number of hydrogen-bond acceptors (Lipinski definition) is 6. The Balaban J connectivity index is 2.10. The van der Waals surface area contributed by atoms with Crippen molar-refractivity contribution in [2.45, 2.75) is 20.3 Å². The van der Waals surface area contributed by atoms with Gasteiger partial charge in [0.1, 0.15) is 16.5 Å². The molecule has 0 aliphatic carbocycles. The van der Waals surface area contributed by atoms with Crippen LogP contribution in [-0.2, 0) is 6.42 Å². The molecule has 0 fully saturated rings. The lowest BCUT2D eigenvalue weighted by molar-refractivity contribution is 0.0696. The number of thiophene rings is 1. The van der Waals surface area contributed by atoms with Crippen molar-refractivity contribution in [3.05, 3.63) is 46.1 Å². The van der Waals surface area contributed by atoms with E-state index in [0.29, 0.717) is 17.3 Å². The first-order chi connectivity index (χ1) is 11.9. The number of aromatic nitrogens is 2. The quantitative estimate of drug-likeness (QED) is 0.638. The lowest BCUT2D eigenvalue weighted by Gasteiger charge is -2.09. The molecule has 0 saturated carbocycles. The Hall–Kier alpha value is -3.00. The van der Waals surface area contributed by atoms with Crippen LogP contribution in [0.3, 0.4) is 0 Å². The summed E-state index contributed by atoms with van der Waals surface area (Å²) in [5.41, 5.74) is 0.133. The van der Waals surface area contributed by atoms with Gasteiger partial charge in [-0.2, -0.15) is 0 Å². The van der Waals surface area contributed by atoms with Crippen molar-refractivity contribution >= 4 is 45.0 Å². The molecule has 8 heteroatoms. The highest BCUT2D eigenvalue weighted by atomic mass is 32.1. The molecule has 0 atom stereocenters. The van der Waals surface area contributed by atoms with E-state index in [1.807, 2.05) is 13.0 Å². The minimum Gasteiger partial charge on any atom is -0.478 e. The molecule has 0 bridgehead atoms. The van der Waals surface area contributed by atoms with E-state index in [4.69, 9.17) is 0 Å². The minimum atomic E-state index is -1.20. The van der Waals surface area contributed by atoms with Gasteiger partial charge < -0.3 is 15.5 Å². The zero-order valence-electron chi connectivity index (χ0n) is 13.5. The van der Waals surface area contributed by atoms with E-state index >= 15 is 0 Å². The molecule has 0 radical (unpaired) electrons. The number of carboxylic acid groups (broad SMARTS) is 2. The maximum Gasteiger partial charge on any atom is 0.335 e. The molecule has 0 spiro atoms. The second-order valence-corrected chi connectivity index (χ2v) is 6.55. The number of anilines is 2. The predicted molar refractivity (Wildman–Crippen MR) is 95.2 cm³/mol. The number of aromatic carboxylic acids is 2. The van der Waals surface area contributed by atoms with E-state index in [2.05, 4.69) is 15.3 Å². The average Bonchev–Trinajstić information content (AvgIpc) is 2.97. The van der Waals surface area contributed by atoms with E-state index in [1.165, 1.54) is 12.1 Å². The normalized spacial score (nSPS) is 10.8. The third kappa shape index (κ3) is 3.43. The summed E-state index contributed by atoms with van der Waals surface area (Å²) in [7, 11) is 0. The fourth-order valence-electron chi connectivity index (χ4n) is 2.43. The van der Waals surface area contributed by atoms with E-state index in [0.717, 1.165) is 27.6 Å². The van der Waals surface area contributed by atoms with Gasteiger partial charge in [0.05, 0.1) is 16.5 Å². The van der Waals surface area contributed by atoms with Gasteiger partial charge in [-0.3, -0.25) is 0 Å². The van der Waals surface area contributed by atoms with Crippen LogP contribution in [0.4, 0.5) is 11.5 Å². The molecule has 0 saturated heterocycles.